The zero-order valence-corrected chi connectivity index (χ0v) is 9.24. The van der Waals surface area contributed by atoms with Gasteiger partial charge >= 0.3 is 0 Å². The summed E-state index contributed by atoms with van der Waals surface area (Å²) in [6, 6.07) is 0. The Bertz CT molecular complexity index is 344. The van der Waals surface area contributed by atoms with E-state index in [9.17, 15) is 9.18 Å². The molecular weight excluding hydrogens is 295 g/mol. The molecule has 0 spiro atoms. The molecular formula is C6H5Br2FN2O. The first-order valence-electron chi connectivity index (χ1n) is 3.04. The fraction of sp³-hybridized carbons (Fsp3) is 0.333. The highest BCUT2D eigenvalue weighted by atomic mass is 79.9. The van der Waals surface area contributed by atoms with Gasteiger partial charge in [0.05, 0.1) is 6.33 Å². The number of nitrogens with one attached hydrogen (secondary N) is 1. The van der Waals surface area contributed by atoms with Gasteiger partial charge in [-0.15, -0.1) is 0 Å². The van der Waals surface area contributed by atoms with Crippen molar-refractivity contribution in [1.29, 1.82) is 0 Å². The molecule has 1 aromatic rings. The monoisotopic (exact) mass is 298 g/mol. The minimum Gasteiger partial charge on any atom is -0.311 e. The summed E-state index contributed by atoms with van der Waals surface area (Å²) in [5, 5.41) is 0. The first-order chi connectivity index (χ1) is 5.43. The maximum Gasteiger partial charge on any atom is 0.287 e. The topological polar surface area (TPSA) is 45.8 Å². The number of nitrogens with zero attached hydrogens (tertiary/aromatic N) is 1. The van der Waals surface area contributed by atoms with Crippen LogP contribution in [0.25, 0.3) is 0 Å². The van der Waals surface area contributed by atoms with Crippen LogP contribution in [0.2, 0.25) is 0 Å². The predicted octanol–water partition coefficient (Wildman–Crippen LogP) is 1.87. The van der Waals surface area contributed by atoms with Gasteiger partial charge in [0.15, 0.2) is 0 Å². The molecule has 3 nitrogen and oxygen atoms in total. The molecule has 0 saturated carbocycles. The van der Waals surface area contributed by atoms with Crippen molar-refractivity contribution in [3.8, 4) is 0 Å². The van der Waals surface area contributed by atoms with Gasteiger partial charge in [0.1, 0.15) is 8.93 Å². The first-order valence-corrected chi connectivity index (χ1v) is 4.63. The summed E-state index contributed by atoms with van der Waals surface area (Å²) in [5.74, 6) is -0.881. The summed E-state index contributed by atoms with van der Waals surface area (Å²) in [5.41, 5.74) is -0.739. The summed E-state index contributed by atoms with van der Waals surface area (Å²) in [6.45, 7) is 1.64. The lowest BCUT2D eigenvalue weighted by atomic mass is 10.3. The molecule has 0 radical (unpaired) electrons. The van der Waals surface area contributed by atoms with Crippen molar-refractivity contribution in [2.45, 2.75) is 10.2 Å². The maximum absolute atomic E-state index is 13.0. The molecule has 0 unspecified atom stereocenters. The second-order valence-corrected chi connectivity index (χ2v) is 6.52. The molecule has 0 aromatic carbocycles. The van der Waals surface area contributed by atoms with Crippen LogP contribution in [0.3, 0.4) is 0 Å². The molecule has 1 N–H and O–H groups in total. The quantitative estimate of drug-likeness (QED) is 0.805. The smallest absolute Gasteiger partial charge is 0.287 e. The second kappa shape index (κ2) is 3.26. The molecule has 0 aliphatic carbocycles. The Morgan fingerprint density at radius 3 is 2.67 bits per heavy atom. The van der Waals surface area contributed by atoms with Crippen LogP contribution in [-0.2, 0) is 3.23 Å². The van der Waals surface area contributed by atoms with E-state index in [1.54, 1.807) is 6.92 Å². The lowest BCUT2D eigenvalue weighted by Crippen LogP contribution is -2.19. The second-order valence-electron chi connectivity index (χ2n) is 2.28. The SMILES string of the molecule is CC(Br)(Br)c1nc[nH]c(=O)c1F. The van der Waals surface area contributed by atoms with Crippen molar-refractivity contribution in [3.63, 3.8) is 0 Å². The standard InChI is InChI=1S/C6H5Br2FN2O/c1-6(7,8)4-3(9)5(12)11-2-10-4/h2H,1H3,(H,10,11,12). The molecule has 0 bridgehead atoms. The van der Waals surface area contributed by atoms with Crippen LogP contribution in [0, 0.1) is 5.82 Å². The largest absolute Gasteiger partial charge is 0.311 e. The Balaban J connectivity index is 3.36. The Hall–Kier alpha value is -0.230. The zero-order valence-electron chi connectivity index (χ0n) is 6.07. The van der Waals surface area contributed by atoms with Crippen molar-refractivity contribution >= 4 is 31.9 Å². The molecule has 0 amide bonds. The molecule has 1 rings (SSSR count). The Kier molecular flexibility index (Phi) is 2.67. The van der Waals surface area contributed by atoms with Gasteiger partial charge in [0.2, 0.25) is 5.82 Å². The van der Waals surface area contributed by atoms with E-state index >= 15 is 0 Å². The number of alkyl halides is 2. The van der Waals surface area contributed by atoms with Crippen molar-refractivity contribution < 1.29 is 4.39 Å². The Morgan fingerprint density at radius 1 is 1.67 bits per heavy atom. The number of aromatic nitrogens is 2. The average Bonchev–Trinajstić information content (AvgIpc) is 1.92. The van der Waals surface area contributed by atoms with Crippen LogP contribution in [0.4, 0.5) is 4.39 Å². The van der Waals surface area contributed by atoms with Crippen molar-refractivity contribution in [1.82, 2.24) is 9.97 Å². The molecule has 12 heavy (non-hydrogen) atoms. The third kappa shape index (κ3) is 1.92. The third-order valence-corrected chi connectivity index (χ3v) is 1.96. The number of H-pyrrole nitrogens is 1. The Morgan fingerprint density at radius 2 is 2.25 bits per heavy atom. The summed E-state index contributed by atoms with van der Waals surface area (Å²) < 4.78 is 12.2. The first kappa shape index (κ1) is 9.85. The van der Waals surface area contributed by atoms with Crippen LogP contribution < -0.4 is 5.56 Å². The molecule has 0 aliphatic rings. The molecule has 1 heterocycles. The van der Waals surface area contributed by atoms with Gasteiger partial charge in [0.25, 0.3) is 5.56 Å². The van der Waals surface area contributed by atoms with Gasteiger partial charge in [-0.1, -0.05) is 31.9 Å². The van der Waals surface area contributed by atoms with Crippen molar-refractivity contribution in [3.05, 3.63) is 28.2 Å². The fourth-order valence-electron chi connectivity index (χ4n) is 0.689. The number of aromatic amines is 1. The molecule has 0 aliphatic heterocycles. The molecule has 1 aromatic heterocycles. The van der Waals surface area contributed by atoms with E-state index in [1.807, 2.05) is 0 Å². The molecule has 0 atom stereocenters. The Labute approximate surface area is 84.7 Å². The molecule has 0 saturated heterocycles. The van der Waals surface area contributed by atoms with Gasteiger partial charge in [-0.3, -0.25) is 4.79 Å². The number of rotatable bonds is 1. The van der Waals surface area contributed by atoms with E-state index in [1.165, 1.54) is 0 Å². The van der Waals surface area contributed by atoms with E-state index in [0.29, 0.717) is 0 Å². The lowest BCUT2D eigenvalue weighted by molar-refractivity contribution is 0.576. The van der Waals surface area contributed by atoms with E-state index in [0.717, 1.165) is 6.33 Å². The maximum atomic E-state index is 13.0. The summed E-state index contributed by atoms with van der Waals surface area (Å²) >= 11 is 6.27. The van der Waals surface area contributed by atoms with Crippen LogP contribution in [0.15, 0.2) is 11.1 Å². The average molecular weight is 300 g/mol. The number of halogens is 3. The van der Waals surface area contributed by atoms with Crippen LogP contribution >= 0.6 is 31.9 Å². The predicted molar refractivity (Wildman–Crippen MR) is 50.0 cm³/mol. The molecule has 66 valence electrons. The van der Waals surface area contributed by atoms with E-state index in [-0.39, 0.29) is 5.69 Å². The zero-order chi connectivity index (χ0) is 9.35. The van der Waals surface area contributed by atoms with Crippen LogP contribution in [0.1, 0.15) is 12.6 Å². The molecule has 6 heteroatoms. The van der Waals surface area contributed by atoms with E-state index in [4.69, 9.17) is 0 Å². The summed E-state index contributed by atoms with van der Waals surface area (Å²) in [4.78, 5) is 16.6. The highest BCUT2D eigenvalue weighted by Gasteiger charge is 2.25. The normalized spacial score (nSPS) is 11.7. The van der Waals surface area contributed by atoms with Gasteiger partial charge in [-0.2, -0.15) is 4.39 Å². The summed E-state index contributed by atoms with van der Waals surface area (Å²) in [6.07, 6.45) is 1.15. The molecule has 0 fully saturated rings. The van der Waals surface area contributed by atoms with Gasteiger partial charge in [0, 0.05) is 0 Å². The van der Waals surface area contributed by atoms with Crippen LogP contribution in [-0.4, -0.2) is 9.97 Å². The van der Waals surface area contributed by atoms with E-state index < -0.39 is 14.6 Å². The summed E-state index contributed by atoms with van der Waals surface area (Å²) in [7, 11) is 0. The minimum absolute atomic E-state index is 0.0336. The minimum atomic E-state index is -0.881. The van der Waals surface area contributed by atoms with Crippen LogP contribution in [0.5, 0.6) is 0 Å². The highest BCUT2D eigenvalue weighted by Crippen LogP contribution is 2.36. The van der Waals surface area contributed by atoms with E-state index in [2.05, 4.69) is 41.8 Å². The highest BCUT2D eigenvalue weighted by molar-refractivity contribution is 9.24. The van der Waals surface area contributed by atoms with Gasteiger partial charge in [-0.25, -0.2) is 4.98 Å². The van der Waals surface area contributed by atoms with Gasteiger partial charge < -0.3 is 4.98 Å². The fourth-order valence-corrected chi connectivity index (χ4v) is 1.24. The third-order valence-electron chi connectivity index (χ3n) is 1.21. The van der Waals surface area contributed by atoms with Crippen molar-refractivity contribution in [2.75, 3.05) is 0 Å². The van der Waals surface area contributed by atoms with Gasteiger partial charge in [-0.05, 0) is 6.92 Å². The lowest BCUT2D eigenvalue weighted by Gasteiger charge is -2.12. The number of hydrogen-bond donors (Lipinski definition) is 1. The number of hydrogen-bond acceptors (Lipinski definition) is 2. The van der Waals surface area contributed by atoms with Crippen molar-refractivity contribution in [2.24, 2.45) is 0 Å².